The third-order valence-corrected chi connectivity index (χ3v) is 4.22. The summed E-state index contributed by atoms with van der Waals surface area (Å²) in [6, 6.07) is 7.59. The maximum absolute atomic E-state index is 12.5. The highest BCUT2D eigenvalue weighted by Crippen LogP contribution is 2.27. The van der Waals surface area contributed by atoms with Gasteiger partial charge in [-0.25, -0.2) is 9.48 Å². The summed E-state index contributed by atoms with van der Waals surface area (Å²) in [6.45, 7) is 15.8. The van der Waals surface area contributed by atoms with Gasteiger partial charge in [-0.15, -0.1) is 0 Å². The van der Waals surface area contributed by atoms with Crippen molar-refractivity contribution < 1.29 is 9.59 Å². The molecule has 0 atom stereocenters. The Morgan fingerprint density at radius 3 is 2.24 bits per heavy atom. The Labute approximate surface area is 173 Å². The highest BCUT2D eigenvalue weighted by molar-refractivity contribution is 5.94. The van der Waals surface area contributed by atoms with Crippen LogP contribution in [0.15, 0.2) is 24.3 Å². The minimum Gasteiger partial charge on any atom is -0.334 e. The number of rotatable bonds is 4. The molecule has 7 heteroatoms. The van der Waals surface area contributed by atoms with E-state index >= 15 is 0 Å². The molecule has 0 spiro atoms. The second kappa shape index (κ2) is 8.27. The average molecular weight is 400 g/mol. The Morgan fingerprint density at radius 1 is 1.03 bits per heavy atom. The number of nitrogens with one attached hydrogen (secondary N) is 3. The van der Waals surface area contributed by atoms with Gasteiger partial charge in [0.15, 0.2) is 0 Å². The highest BCUT2D eigenvalue weighted by atomic mass is 16.2. The third kappa shape index (κ3) is 6.34. The molecule has 0 radical (unpaired) electrons. The van der Waals surface area contributed by atoms with Crippen molar-refractivity contribution in [1.82, 2.24) is 20.4 Å². The zero-order chi connectivity index (χ0) is 22.0. The molecule has 0 fully saturated rings. The Morgan fingerprint density at radius 2 is 1.69 bits per heavy atom. The molecule has 1 heterocycles. The number of aromatic nitrogens is 2. The van der Waals surface area contributed by atoms with E-state index in [4.69, 9.17) is 5.10 Å². The Balaban J connectivity index is 2.24. The van der Waals surface area contributed by atoms with E-state index in [1.807, 2.05) is 52.8 Å². The van der Waals surface area contributed by atoms with Crippen molar-refractivity contribution in [1.29, 1.82) is 0 Å². The van der Waals surface area contributed by atoms with Gasteiger partial charge in [0.25, 0.3) is 0 Å². The first kappa shape index (κ1) is 22.5. The minimum absolute atomic E-state index is 0.134. The molecule has 0 bridgehead atoms. The van der Waals surface area contributed by atoms with Crippen LogP contribution in [0.25, 0.3) is 5.69 Å². The van der Waals surface area contributed by atoms with E-state index in [9.17, 15) is 9.59 Å². The predicted molar refractivity (Wildman–Crippen MR) is 117 cm³/mol. The predicted octanol–water partition coefficient (Wildman–Crippen LogP) is 3.82. The molecule has 1 aromatic heterocycles. The highest BCUT2D eigenvalue weighted by Gasteiger charge is 2.22. The molecule has 1 aromatic carbocycles. The number of amides is 3. The van der Waals surface area contributed by atoms with Gasteiger partial charge in [0.05, 0.1) is 17.9 Å². The fourth-order valence-corrected chi connectivity index (χ4v) is 2.80. The van der Waals surface area contributed by atoms with Crippen molar-refractivity contribution in [2.45, 2.75) is 66.3 Å². The normalized spacial score (nSPS) is 11.9. The molecule has 0 aliphatic rings. The van der Waals surface area contributed by atoms with Crippen molar-refractivity contribution in [3.8, 4) is 5.69 Å². The molecular weight excluding hydrogens is 366 g/mol. The van der Waals surface area contributed by atoms with Crippen LogP contribution in [0.2, 0.25) is 0 Å². The summed E-state index contributed by atoms with van der Waals surface area (Å²) in [5.74, 6) is 0.255. The van der Waals surface area contributed by atoms with Crippen molar-refractivity contribution in [2.24, 2.45) is 0 Å². The Hall–Kier alpha value is -2.83. The molecule has 2 rings (SSSR count). The maximum atomic E-state index is 12.5. The lowest BCUT2D eigenvalue weighted by Crippen LogP contribution is -2.48. The zero-order valence-corrected chi connectivity index (χ0v) is 18.7. The number of carbonyl (C=O) groups excluding carboxylic acids is 2. The van der Waals surface area contributed by atoms with Crippen LogP contribution in [0.4, 0.5) is 10.6 Å². The molecule has 0 saturated carbocycles. The number of carbonyl (C=O) groups is 2. The molecule has 3 amide bonds. The SMILES string of the molecule is Cc1ccc(-n2nc(C(C)(C)C)cc2NC(=O)CNC(=O)NC(C)(C)C)c(C)c1. The molecule has 158 valence electrons. The second-order valence-electron chi connectivity index (χ2n) is 9.47. The van der Waals surface area contributed by atoms with Gasteiger partial charge in [-0.1, -0.05) is 38.5 Å². The first-order chi connectivity index (χ1) is 13.3. The van der Waals surface area contributed by atoms with Gasteiger partial charge in [-0.05, 0) is 46.2 Å². The summed E-state index contributed by atoms with van der Waals surface area (Å²) in [5.41, 5.74) is 3.45. The number of hydrogen-bond acceptors (Lipinski definition) is 3. The van der Waals surface area contributed by atoms with E-state index in [2.05, 4.69) is 42.8 Å². The van der Waals surface area contributed by atoms with Crippen molar-refractivity contribution in [2.75, 3.05) is 11.9 Å². The van der Waals surface area contributed by atoms with E-state index in [0.717, 1.165) is 22.5 Å². The first-order valence-electron chi connectivity index (χ1n) is 9.80. The maximum Gasteiger partial charge on any atom is 0.315 e. The summed E-state index contributed by atoms with van der Waals surface area (Å²) in [4.78, 5) is 24.4. The lowest BCUT2D eigenvalue weighted by molar-refractivity contribution is -0.115. The fraction of sp³-hybridized carbons (Fsp3) is 0.500. The minimum atomic E-state index is -0.383. The number of urea groups is 1. The molecule has 0 saturated heterocycles. The van der Waals surface area contributed by atoms with Crippen LogP contribution in [0, 0.1) is 13.8 Å². The summed E-state index contributed by atoms with van der Waals surface area (Å²) < 4.78 is 1.75. The standard InChI is InChI=1S/C22H33N5O2/c1-14-9-10-16(15(2)11-14)27-18(12-17(26-27)21(3,4)5)24-19(28)13-23-20(29)25-22(6,7)8/h9-12H,13H2,1-8H3,(H,24,28)(H2,23,25,29). The molecule has 7 nitrogen and oxygen atoms in total. The van der Waals surface area contributed by atoms with Crippen LogP contribution in [0.1, 0.15) is 58.4 Å². The summed E-state index contributed by atoms with van der Waals surface area (Å²) in [7, 11) is 0. The number of hydrogen-bond donors (Lipinski definition) is 3. The van der Waals surface area contributed by atoms with Gasteiger partial charge in [0.1, 0.15) is 5.82 Å². The van der Waals surface area contributed by atoms with Crippen LogP contribution < -0.4 is 16.0 Å². The van der Waals surface area contributed by atoms with E-state index in [1.165, 1.54) is 0 Å². The van der Waals surface area contributed by atoms with Gasteiger partial charge < -0.3 is 16.0 Å². The van der Waals surface area contributed by atoms with Crippen molar-refractivity contribution in [3.05, 3.63) is 41.1 Å². The first-order valence-corrected chi connectivity index (χ1v) is 9.80. The van der Waals surface area contributed by atoms with E-state index in [0.29, 0.717) is 5.82 Å². The van der Waals surface area contributed by atoms with Crippen molar-refractivity contribution in [3.63, 3.8) is 0 Å². The zero-order valence-electron chi connectivity index (χ0n) is 18.7. The van der Waals surface area contributed by atoms with Gasteiger partial charge in [0.2, 0.25) is 5.91 Å². The lowest BCUT2D eigenvalue weighted by Gasteiger charge is -2.20. The van der Waals surface area contributed by atoms with Crippen LogP contribution in [-0.2, 0) is 10.2 Å². The van der Waals surface area contributed by atoms with Crippen LogP contribution >= 0.6 is 0 Å². The Kier molecular flexibility index (Phi) is 6.40. The fourth-order valence-electron chi connectivity index (χ4n) is 2.80. The molecule has 2 aromatic rings. The van der Waals surface area contributed by atoms with Crippen LogP contribution in [0.5, 0.6) is 0 Å². The number of nitrogens with zero attached hydrogens (tertiary/aromatic N) is 2. The summed E-state index contributed by atoms with van der Waals surface area (Å²) >= 11 is 0. The van der Waals surface area contributed by atoms with Crippen LogP contribution in [0.3, 0.4) is 0 Å². The van der Waals surface area contributed by atoms with E-state index < -0.39 is 0 Å². The molecule has 29 heavy (non-hydrogen) atoms. The smallest absolute Gasteiger partial charge is 0.315 e. The van der Waals surface area contributed by atoms with Crippen molar-refractivity contribution >= 4 is 17.8 Å². The van der Waals surface area contributed by atoms with E-state index in [-0.39, 0.29) is 29.4 Å². The summed E-state index contributed by atoms with van der Waals surface area (Å²) in [5, 5.41) is 13.0. The van der Waals surface area contributed by atoms with Gasteiger partial charge >= 0.3 is 6.03 Å². The average Bonchev–Trinajstić information content (AvgIpc) is 2.95. The number of aryl methyl sites for hydroxylation is 2. The largest absolute Gasteiger partial charge is 0.334 e. The molecule has 0 unspecified atom stereocenters. The number of benzene rings is 1. The molecule has 3 N–H and O–H groups in total. The van der Waals surface area contributed by atoms with Crippen LogP contribution in [-0.4, -0.2) is 33.8 Å². The third-order valence-electron chi connectivity index (χ3n) is 4.22. The molecule has 0 aliphatic heterocycles. The van der Waals surface area contributed by atoms with Gasteiger partial charge in [-0.2, -0.15) is 5.10 Å². The molecule has 0 aliphatic carbocycles. The number of anilines is 1. The monoisotopic (exact) mass is 399 g/mol. The lowest BCUT2D eigenvalue weighted by atomic mass is 9.92. The quantitative estimate of drug-likeness (QED) is 0.730. The Bertz CT molecular complexity index is 901. The molecular formula is C22H33N5O2. The topological polar surface area (TPSA) is 88.1 Å². The van der Waals surface area contributed by atoms with E-state index in [1.54, 1.807) is 4.68 Å². The summed E-state index contributed by atoms with van der Waals surface area (Å²) in [6.07, 6.45) is 0. The second-order valence-corrected chi connectivity index (χ2v) is 9.47. The van der Waals surface area contributed by atoms with Gasteiger partial charge in [-0.3, -0.25) is 4.79 Å². The van der Waals surface area contributed by atoms with Gasteiger partial charge in [0, 0.05) is 17.0 Å².